The number of pyridine rings is 1. The summed E-state index contributed by atoms with van der Waals surface area (Å²) in [6.07, 6.45) is -0.109. The minimum Gasteiger partial charge on any atom is -0.375 e. The summed E-state index contributed by atoms with van der Waals surface area (Å²) in [5.41, 5.74) is 6.96. The van der Waals surface area contributed by atoms with Crippen LogP contribution in [0.2, 0.25) is 0 Å². The van der Waals surface area contributed by atoms with Crippen LogP contribution in [0.25, 0.3) is 0 Å². The molecule has 216 valence electrons. The summed E-state index contributed by atoms with van der Waals surface area (Å²) in [5.74, 6) is -2.65. The molecule has 3 atom stereocenters. The lowest BCUT2D eigenvalue weighted by molar-refractivity contribution is -0.203. The number of nitriles is 1. The van der Waals surface area contributed by atoms with E-state index in [0.29, 0.717) is 31.7 Å². The Hall–Kier alpha value is -3.99. The Morgan fingerprint density at radius 3 is 2.66 bits per heavy atom. The van der Waals surface area contributed by atoms with E-state index in [0.717, 1.165) is 16.9 Å². The summed E-state index contributed by atoms with van der Waals surface area (Å²) in [6, 6.07) is 11.4. The van der Waals surface area contributed by atoms with Crippen molar-refractivity contribution in [3.05, 3.63) is 71.4 Å². The summed E-state index contributed by atoms with van der Waals surface area (Å²) < 4.78 is 47.4. The van der Waals surface area contributed by atoms with Gasteiger partial charge in [-0.3, -0.25) is 19.9 Å². The molecule has 41 heavy (non-hydrogen) atoms. The average molecular weight is 570 g/mol. The van der Waals surface area contributed by atoms with E-state index in [1.54, 1.807) is 28.0 Å². The number of nitrogens with one attached hydrogen (secondary N) is 2. The normalized spacial score (nSPS) is 23.4. The zero-order chi connectivity index (χ0) is 29.0. The van der Waals surface area contributed by atoms with E-state index >= 15 is 0 Å². The molecular weight excluding hydrogens is 539 g/mol. The molecule has 3 aliphatic rings. The van der Waals surface area contributed by atoms with Gasteiger partial charge in [0.25, 0.3) is 0 Å². The molecule has 4 heterocycles. The molecule has 0 spiro atoms. The maximum absolute atomic E-state index is 13.9. The molecule has 1 aromatic carbocycles. The molecule has 0 radical (unpaired) electrons. The van der Waals surface area contributed by atoms with Gasteiger partial charge in [-0.1, -0.05) is 30.3 Å². The first-order valence-corrected chi connectivity index (χ1v) is 13.3. The smallest absolute Gasteiger partial charge is 0.375 e. The van der Waals surface area contributed by atoms with Crippen LogP contribution in [-0.2, 0) is 20.9 Å². The number of carbonyl (C=O) groups is 2. The highest BCUT2D eigenvalue weighted by atomic mass is 19.4. The van der Waals surface area contributed by atoms with Gasteiger partial charge >= 0.3 is 6.18 Å². The van der Waals surface area contributed by atoms with Crippen molar-refractivity contribution < 1.29 is 27.5 Å². The molecular formula is C28H30F3N7O3. The van der Waals surface area contributed by atoms with Gasteiger partial charge in [-0.25, -0.2) is 10.4 Å². The Morgan fingerprint density at radius 1 is 1.17 bits per heavy atom. The minimum absolute atomic E-state index is 0.0523. The Morgan fingerprint density at radius 2 is 1.95 bits per heavy atom. The van der Waals surface area contributed by atoms with Gasteiger partial charge in [-0.15, -0.1) is 0 Å². The van der Waals surface area contributed by atoms with Gasteiger partial charge in [-0.05, 0) is 23.3 Å². The standard InChI is InChI=1S/C28H30F3N7O3/c29-28(30,31)26-22(16-34-35-27(26)40)38-17-20-4-1-2-5-21(20)23(38)18-41-13-3-6-25(39)37-11-9-36(10-12-37)24-8-7-19(14-32)15-33-24/h1-8,15,22-23,26,34H,9-13,16-18H2,(H,35,40)/b6-3+/t22?,23-,26?/m0/s1. The van der Waals surface area contributed by atoms with Gasteiger partial charge in [0.1, 0.15) is 11.9 Å². The number of rotatable bonds is 7. The van der Waals surface area contributed by atoms with Crippen LogP contribution in [0.1, 0.15) is 22.7 Å². The molecule has 5 rings (SSSR count). The first kappa shape index (κ1) is 28.5. The number of benzene rings is 1. The highest BCUT2D eigenvalue weighted by molar-refractivity contribution is 5.87. The fraction of sp³-hybridized carbons (Fsp3) is 0.429. The molecule has 2 aromatic rings. The van der Waals surface area contributed by atoms with Crippen molar-refractivity contribution in [1.29, 1.82) is 5.26 Å². The zero-order valence-electron chi connectivity index (χ0n) is 22.2. The largest absolute Gasteiger partial charge is 0.402 e. The lowest BCUT2D eigenvalue weighted by Gasteiger charge is -2.41. The van der Waals surface area contributed by atoms with Gasteiger partial charge < -0.3 is 14.5 Å². The van der Waals surface area contributed by atoms with Gasteiger partial charge in [0.05, 0.1) is 24.8 Å². The molecule has 0 saturated carbocycles. The quantitative estimate of drug-likeness (QED) is 0.384. The number of anilines is 1. The van der Waals surface area contributed by atoms with Gasteiger partial charge in [0, 0.05) is 57.6 Å². The minimum atomic E-state index is -4.69. The Bertz CT molecular complexity index is 1320. The van der Waals surface area contributed by atoms with Crippen LogP contribution < -0.4 is 15.8 Å². The number of ether oxygens (including phenoxy) is 1. The number of fused-ring (bicyclic) bond motifs is 1. The second-order valence-electron chi connectivity index (χ2n) is 10.1. The van der Waals surface area contributed by atoms with Crippen molar-refractivity contribution in [2.24, 2.45) is 5.92 Å². The number of nitrogens with zero attached hydrogens (tertiary/aromatic N) is 5. The van der Waals surface area contributed by atoms with E-state index in [1.807, 2.05) is 30.3 Å². The number of aromatic nitrogens is 1. The molecule has 10 nitrogen and oxygen atoms in total. The molecule has 2 amide bonds. The van der Waals surface area contributed by atoms with E-state index in [2.05, 4.69) is 20.7 Å². The van der Waals surface area contributed by atoms with Crippen molar-refractivity contribution >= 4 is 17.6 Å². The molecule has 0 bridgehead atoms. The Balaban J connectivity index is 1.15. The number of amides is 2. The predicted octanol–water partition coefficient (Wildman–Crippen LogP) is 1.91. The summed E-state index contributed by atoms with van der Waals surface area (Å²) >= 11 is 0. The summed E-state index contributed by atoms with van der Waals surface area (Å²) in [5, 5.41) is 8.93. The zero-order valence-corrected chi connectivity index (χ0v) is 22.2. The Labute approximate surface area is 235 Å². The number of carbonyl (C=O) groups excluding carboxylic acids is 2. The second kappa shape index (κ2) is 12.3. The third-order valence-corrected chi connectivity index (χ3v) is 7.68. The highest BCUT2D eigenvalue weighted by Gasteiger charge is 2.54. The van der Waals surface area contributed by atoms with E-state index in [9.17, 15) is 22.8 Å². The van der Waals surface area contributed by atoms with E-state index < -0.39 is 30.1 Å². The molecule has 0 aliphatic carbocycles. The van der Waals surface area contributed by atoms with Crippen LogP contribution in [0, 0.1) is 17.2 Å². The topological polar surface area (TPSA) is 114 Å². The number of hydrazine groups is 1. The van der Waals surface area contributed by atoms with Crippen LogP contribution >= 0.6 is 0 Å². The lowest BCUT2D eigenvalue weighted by Crippen LogP contribution is -2.64. The third-order valence-electron chi connectivity index (χ3n) is 7.68. The molecule has 2 unspecified atom stereocenters. The molecule has 2 fully saturated rings. The van der Waals surface area contributed by atoms with E-state index in [4.69, 9.17) is 10.00 Å². The fourth-order valence-corrected chi connectivity index (χ4v) is 5.61. The third kappa shape index (κ3) is 6.35. The summed E-state index contributed by atoms with van der Waals surface area (Å²) in [6.45, 7) is 2.69. The van der Waals surface area contributed by atoms with Crippen LogP contribution in [-0.4, -0.2) is 84.8 Å². The predicted molar refractivity (Wildman–Crippen MR) is 142 cm³/mol. The molecule has 1 aromatic heterocycles. The maximum atomic E-state index is 13.9. The summed E-state index contributed by atoms with van der Waals surface area (Å²) in [7, 11) is 0. The Kier molecular flexibility index (Phi) is 8.53. The number of piperazine rings is 1. The van der Waals surface area contributed by atoms with Crippen molar-refractivity contribution in [3.8, 4) is 6.07 Å². The SMILES string of the molecule is N#Cc1ccc(N2CCN(C(=O)/C=C/COC[C@H]3c4ccccc4CN3C3CNNC(=O)C3C(F)(F)F)CC2)nc1. The molecule has 3 aliphatic heterocycles. The molecule has 2 saturated heterocycles. The van der Waals surface area contributed by atoms with Crippen LogP contribution in [0.15, 0.2) is 54.7 Å². The van der Waals surface area contributed by atoms with E-state index in [1.165, 1.54) is 12.3 Å². The molecule has 2 N–H and O–H groups in total. The van der Waals surface area contributed by atoms with Crippen molar-refractivity contribution in [2.75, 3.05) is 50.8 Å². The monoisotopic (exact) mass is 569 g/mol. The van der Waals surface area contributed by atoms with Crippen molar-refractivity contribution in [1.82, 2.24) is 25.6 Å². The number of alkyl halides is 3. The van der Waals surface area contributed by atoms with Crippen LogP contribution in [0.3, 0.4) is 0 Å². The average Bonchev–Trinajstić information content (AvgIpc) is 3.34. The summed E-state index contributed by atoms with van der Waals surface area (Å²) in [4.78, 5) is 34.6. The van der Waals surface area contributed by atoms with Crippen molar-refractivity contribution in [3.63, 3.8) is 0 Å². The first-order chi connectivity index (χ1) is 19.8. The number of hydrogen-bond donors (Lipinski definition) is 2. The van der Waals surface area contributed by atoms with Crippen LogP contribution in [0.5, 0.6) is 0 Å². The molecule has 13 heteroatoms. The number of halogens is 3. The highest BCUT2D eigenvalue weighted by Crippen LogP contribution is 2.41. The fourth-order valence-electron chi connectivity index (χ4n) is 5.61. The van der Waals surface area contributed by atoms with Crippen molar-refractivity contribution in [2.45, 2.75) is 24.8 Å². The first-order valence-electron chi connectivity index (χ1n) is 13.3. The second-order valence-corrected chi connectivity index (χ2v) is 10.1. The van der Waals surface area contributed by atoms with Crippen LogP contribution in [0.4, 0.5) is 19.0 Å². The van der Waals surface area contributed by atoms with Gasteiger partial charge in [-0.2, -0.15) is 18.4 Å². The van der Waals surface area contributed by atoms with Gasteiger partial charge in [0.15, 0.2) is 5.92 Å². The lowest BCUT2D eigenvalue weighted by atomic mass is 9.94. The number of hydrogen-bond acceptors (Lipinski definition) is 8. The van der Waals surface area contributed by atoms with E-state index in [-0.39, 0.29) is 32.2 Å². The maximum Gasteiger partial charge on any atom is 0.402 e. The van der Waals surface area contributed by atoms with Gasteiger partial charge in [0.2, 0.25) is 11.8 Å².